The van der Waals surface area contributed by atoms with E-state index in [0.29, 0.717) is 30.3 Å². The van der Waals surface area contributed by atoms with Crippen LogP contribution in [0.3, 0.4) is 0 Å². The van der Waals surface area contributed by atoms with Crippen molar-refractivity contribution in [2.45, 2.75) is 11.8 Å². The summed E-state index contributed by atoms with van der Waals surface area (Å²) in [4.78, 5) is 25.1. The number of hydrogen-bond acceptors (Lipinski definition) is 6. The first-order chi connectivity index (χ1) is 12.1. The molecule has 0 bridgehead atoms. The fourth-order valence-electron chi connectivity index (χ4n) is 2.34. The molecule has 0 N–H and O–H groups in total. The Hall–Kier alpha value is -2.47. The monoisotopic (exact) mass is 358 g/mol. The van der Waals surface area contributed by atoms with E-state index in [1.807, 2.05) is 31.2 Å². The number of thioether (sulfide) groups is 1. The number of ether oxygens (including phenoxy) is 3. The molecule has 0 saturated heterocycles. The maximum atomic E-state index is 12.2. The van der Waals surface area contributed by atoms with Crippen molar-refractivity contribution < 1.29 is 23.8 Å². The quantitative estimate of drug-likeness (QED) is 0.449. The summed E-state index contributed by atoms with van der Waals surface area (Å²) in [6.07, 6.45) is 0. The molecular weight excluding hydrogens is 340 g/mol. The molecule has 0 aromatic heterocycles. The maximum absolute atomic E-state index is 12.2. The summed E-state index contributed by atoms with van der Waals surface area (Å²) in [6, 6.07) is 12.8. The van der Waals surface area contributed by atoms with Gasteiger partial charge in [-0.1, -0.05) is 18.2 Å². The van der Waals surface area contributed by atoms with Crippen molar-refractivity contribution in [1.29, 1.82) is 0 Å². The maximum Gasteiger partial charge on any atom is 0.316 e. The Morgan fingerprint density at radius 3 is 2.64 bits per heavy atom. The Morgan fingerprint density at radius 2 is 1.84 bits per heavy atom. The van der Waals surface area contributed by atoms with E-state index in [0.717, 1.165) is 10.5 Å². The fraction of sp³-hybridized carbons (Fsp3) is 0.263. The predicted octanol–water partition coefficient (Wildman–Crippen LogP) is 3.28. The van der Waals surface area contributed by atoms with Gasteiger partial charge in [0.05, 0.1) is 5.75 Å². The molecule has 2 aromatic rings. The van der Waals surface area contributed by atoms with Crippen molar-refractivity contribution in [3.8, 4) is 11.5 Å². The summed E-state index contributed by atoms with van der Waals surface area (Å²) in [5, 5.41) is 0. The second kappa shape index (κ2) is 8.07. The molecule has 3 rings (SSSR count). The van der Waals surface area contributed by atoms with E-state index in [4.69, 9.17) is 14.2 Å². The van der Waals surface area contributed by atoms with Crippen LogP contribution in [0.2, 0.25) is 0 Å². The van der Waals surface area contributed by atoms with Crippen LogP contribution >= 0.6 is 11.8 Å². The highest BCUT2D eigenvalue weighted by Gasteiger charge is 2.16. The van der Waals surface area contributed by atoms with Crippen LogP contribution in [0.4, 0.5) is 0 Å². The van der Waals surface area contributed by atoms with Gasteiger partial charge in [-0.05, 0) is 36.8 Å². The molecule has 2 aromatic carbocycles. The number of esters is 1. The standard InChI is InChI=1S/C19H18O5S/c1-13-4-2-3-5-18(13)25-12-19(21)24-11-15(20)14-6-7-16-17(10-14)23-9-8-22-16/h2-7,10H,8-9,11-12H2,1H3. The number of carbonyl (C=O) groups is 2. The first-order valence-electron chi connectivity index (χ1n) is 7.90. The summed E-state index contributed by atoms with van der Waals surface area (Å²) in [7, 11) is 0. The van der Waals surface area contributed by atoms with E-state index in [-0.39, 0.29) is 18.1 Å². The molecule has 0 aliphatic carbocycles. The molecule has 0 saturated carbocycles. The van der Waals surface area contributed by atoms with Crippen molar-refractivity contribution in [3.63, 3.8) is 0 Å². The Bertz CT molecular complexity index is 787. The van der Waals surface area contributed by atoms with E-state index in [1.165, 1.54) is 11.8 Å². The van der Waals surface area contributed by atoms with Crippen LogP contribution in [0.25, 0.3) is 0 Å². The SMILES string of the molecule is Cc1ccccc1SCC(=O)OCC(=O)c1ccc2c(c1)OCCO2. The molecular formula is C19H18O5S. The number of ketones is 1. The lowest BCUT2D eigenvalue weighted by atomic mass is 10.1. The lowest BCUT2D eigenvalue weighted by molar-refractivity contribution is -0.139. The van der Waals surface area contributed by atoms with Crippen molar-refractivity contribution >= 4 is 23.5 Å². The van der Waals surface area contributed by atoms with Gasteiger partial charge in [-0.25, -0.2) is 0 Å². The van der Waals surface area contributed by atoms with Crippen LogP contribution in [0.1, 0.15) is 15.9 Å². The van der Waals surface area contributed by atoms with Crippen LogP contribution in [-0.2, 0) is 9.53 Å². The molecule has 6 heteroatoms. The van der Waals surface area contributed by atoms with Gasteiger partial charge in [0.1, 0.15) is 13.2 Å². The number of Topliss-reactive ketones (excluding diaryl/α,β-unsaturated/α-hetero) is 1. The van der Waals surface area contributed by atoms with Gasteiger partial charge in [0, 0.05) is 10.5 Å². The lowest BCUT2D eigenvalue weighted by Crippen LogP contribution is -2.18. The van der Waals surface area contributed by atoms with Crippen molar-refractivity contribution in [1.82, 2.24) is 0 Å². The summed E-state index contributed by atoms with van der Waals surface area (Å²) in [5.74, 6) is 0.637. The molecule has 5 nitrogen and oxygen atoms in total. The fourth-order valence-corrected chi connectivity index (χ4v) is 3.17. The molecule has 1 aliphatic heterocycles. The van der Waals surface area contributed by atoms with Gasteiger partial charge in [-0.2, -0.15) is 0 Å². The van der Waals surface area contributed by atoms with Crippen LogP contribution in [0.15, 0.2) is 47.4 Å². The zero-order valence-electron chi connectivity index (χ0n) is 13.8. The largest absolute Gasteiger partial charge is 0.486 e. The average Bonchev–Trinajstić information content (AvgIpc) is 2.65. The minimum absolute atomic E-state index is 0.166. The summed E-state index contributed by atoms with van der Waals surface area (Å²) >= 11 is 1.40. The minimum atomic E-state index is -0.417. The molecule has 0 spiro atoms. The van der Waals surface area contributed by atoms with Gasteiger partial charge < -0.3 is 14.2 Å². The molecule has 0 fully saturated rings. The highest BCUT2D eigenvalue weighted by Crippen LogP contribution is 2.30. The molecule has 25 heavy (non-hydrogen) atoms. The minimum Gasteiger partial charge on any atom is -0.486 e. The number of benzene rings is 2. The van der Waals surface area contributed by atoms with Crippen molar-refractivity contribution in [2.75, 3.05) is 25.6 Å². The summed E-state index contributed by atoms with van der Waals surface area (Å²) in [5.41, 5.74) is 1.54. The van der Waals surface area contributed by atoms with E-state index >= 15 is 0 Å². The molecule has 0 atom stereocenters. The number of rotatable bonds is 6. The highest BCUT2D eigenvalue weighted by molar-refractivity contribution is 8.00. The van der Waals surface area contributed by atoms with E-state index in [1.54, 1.807) is 18.2 Å². The zero-order chi connectivity index (χ0) is 17.6. The van der Waals surface area contributed by atoms with Gasteiger partial charge in [0.15, 0.2) is 23.9 Å². The van der Waals surface area contributed by atoms with E-state index < -0.39 is 5.97 Å². The van der Waals surface area contributed by atoms with Crippen LogP contribution < -0.4 is 9.47 Å². The lowest BCUT2D eigenvalue weighted by Gasteiger charge is -2.18. The third-order valence-corrected chi connectivity index (χ3v) is 4.82. The van der Waals surface area contributed by atoms with Crippen LogP contribution in [-0.4, -0.2) is 37.3 Å². The Morgan fingerprint density at radius 1 is 1.08 bits per heavy atom. The number of carbonyl (C=O) groups excluding carboxylic acids is 2. The molecule has 1 heterocycles. The molecule has 0 unspecified atom stereocenters. The first kappa shape index (κ1) is 17.4. The third-order valence-electron chi connectivity index (χ3n) is 3.67. The third kappa shape index (κ3) is 4.54. The molecule has 1 aliphatic rings. The zero-order valence-corrected chi connectivity index (χ0v) is 14.6. The number of fused-ring (bicyclic) bond motifs is 1. The number of hydrogen-bond donors (Lipinski definition) is 0. The van der Waals surface area contributed by atoms with E-state index in [9.17, 15) is 9.59 Å². The predicted molar refractivity (Wildman–Crippen MR) is 94.6 cm³/mol. The molecule has 0 amide bonds. The second-order valence-electron chi connectivity index (χ2n) is 5.50. The smallest absolute Gasteiger partial charge is 0.316 e. The van der Waals surface area contributed by atoms with Gasteiger partial charge >= 0.3 is 5.97 Å². The van der Waals surface area contributed by atoms with Crippen LogP contribution in [0.5, 0.6) is 11.5 Å². The van der Waals surface area contributed by atoms with Gasteiger partial charge in [-0.15, -0.1) is 11.8 Å². The summed E-state index contributed by atoms with van der Waals surface area (Å²) < 4.78 is 15.9. The summed E-state index contributed by atoms with van der Waals surface area (Å²) in [6.45, 7) is 2.65. The van der Waals surface area contributed by atoms with Crippen LogP contribution in [0, 0.1) is 6.92 Å². The van der Waals surface area contributed by atoms with E-state index in [2.05, 4.69) is 0 Å². The highest BCUT2D eigenvalue weighted by atomic mass is 32.2. The van der Waals surface area contributed by atoms with Crippen molar-refractivity contribution in [2.24, 2.45) is 0 Å². The van der Waals surface area contributed by atoms with Gasteiger partial charge in [0.25, 0.3) is 0 Å². The normalized spacial score (nSPS) is 12.5. The topological polar surface area (TPSA) is 61.8 Å². The first-order valence-corrected chi connectivity index (χ1v) is 8.89. The van der Waals surface area contributed by atoms with Gasteiger partial charge in [0.2, 0.25) is 0 Å². The Kier molecular flexibility index (Phi) is 5.60. The molecule has 130 valence electrons. The Balaban J connectivity index is 1.50. The van der Waals surface area contributed by atoms with Gasteiger partial charge in [-0.3, -0.25) is 9.59 Å². The molecule has 0 radical (unpaired) electrons. The second-order valence-corrected chi connectivity index (χ2v) is 6.51. The number of aryl methyl sites for hydroxylation is 1. The van der Waals surface area contributed by atoms with Crippen molar-refractivity contribution in [3.05, 3.63) is 53.6 Å². The Labute approximate surface area is 150 Å². The average molecular weight is 358 g/mol.